The van der Waals surface area contributed by atoms with Crippen molar-refractivity contribution < 1.29 is 0 Å². The molecule has 0 N–H and O–H groups in total. The van der Waals surface area contributed by atoms with Gasteiger partial charge in [0.25, 0.3) is 0 Å². The number of hydrogen-bond acceptors (Lipinski definition) is 2. The van der Waals surface area contributed by atoms with Gasteiger partial charge in [-0.3, -0.25) is 0 Å². The molecule has 2 aromatic rings. The first-order chi connectivity index (χ1) is 8.34. The molecule has 2 heteroatoms. The van der Waals surface area contributed by atoms with Gasteiger partial charge in [-0.25, -0.2) is 0 Å². The zero-order chi connectivity index (χ0) is 11.7. The highest BCUT2D eigenvalue weighted by molar-refractivity contribution is 7.08. The van der Waals surface area contributed by atoms with Crippen molar-refractivity contribution in [2.45, 2.75) is 12.3 Å². The summed E-state index contributed by atoms with van der Waals surface area (Å²) >= 11 is 1.85. The van der Waals surface area contributed by atoms with Gasteiger partial charge in [0.15, 0.2) is 0 Å². The second kappa shape index (κ2) is 4.63. The first kappa shape index (κ1) is 11.0. The van der Waals surface area contributed by atoms with Crippen LogP contribution in [0.3, 0.4) is 0 Å². The molecule has 1 aliphatic heterocycles. The molecule has 17 heavy (non-hydrogen) atoms. The maximum atomic E-state index is 2.45. The van der Waals surface area contributed by atoms with E-state index in [2.05, 4.69) is 53.0 Å². The highest BCUT2D eigenvalue weighted by Gasteiger charge is 2.23. The lowest BCUT2D eigenvalue weighted by Crippen LogP contribution is -2.24. The molecule has 3 rings (SSSR count). The monoisotopic (exact) mass is 243 g/mol. The van der Waals surface area contributed by atoms with Crippen LogP contribution in [0, 0.1) is 0 Å². The van der Waals surface area contributed by atoms with E-state index in [9.17, 15) is 0 Å². The molecule has 0 aliphatic carbocycles. The van der Waals surface area contributed by atoms with Crippen LogP contribution >= 0.6 is 11.3 Å². The number of nitrogens with zero attached hydrogens (tertiary/aromatic N) is 1. The summed E-state index contributed by atoms with van der Waals surface area (Å²) in [6.45, 7) is 2.31. The summed E-state index contributed by atoms with van der Waals surface area (Å²) < 4.78 is 0. The molecule has 2 heterocycles. The molecule has 0 bridgehead atoms. The van der Waals surface area contributed by atoms with Gasteiger partial charge >= 0.3 is 0 Å². The van der Waals surface area contributed by atoms with E-state index in [0.29, 0.717) is 5.92 Å². The summed E-state index contributed by atoms with van der Waals surface area (Å²) in [6.07, 6.45) is 1.19. The fourth-order valence-corrected chi connectivity index (χ4v) is 3.57. The van der Waals surface area contributed by atoms with E-state index in [4.69, 9.17) is 0 Å². The molecule has 88 valence electrons. The van der Waals surface area contributed by atoms with Crippen LogP contribution in [0.5, 0.6) is 0 Å². The minimum Gasteiger partial charge on any atom is -0.305 e. The van der Waals surface area contributed by atoms with Crippen molar-refractivity contribution in [3.05, 3.63) is 57.8 Å². The molecule has 0 amide bonds. The lowest BCUT2D eigenvalue weighted by molar-refractivity contribution is 0.338. The Morgan fingerprint density at radius 1 is 1.18 bits per heavy atom. The van der Waals surface area contributed by atoms with Crippen molar-refractivity contribution in [3.8, 4) is 0 Å². The molecule has 1 nitrogen and oxygen atoms in total. The normalized spacial score (nSPS) is 20.9. The SMILES string of the molecule is CN1CCc2cscc2C(c2ccccc2)C1. The number of benzene rings is 1. The fourth-order valence-electron chi connectivity index (χ4n) is 2.63. The topological polar surface area (TPSA) is 3.24 Å². The molecule has 1 aromatic carbocycles. The van der Waals surface area contributed by atoms with Gasteiger partial charge in [-0.05, 0) is 40.9 Å². The molecule has 1 atom stereocenters. The second-order valence-corrected chi connectivity index (χ2v) is 5.57. The van der Waals surface area contributed by atoms with Gasteiger partial charge in [-0.15, -0.1) is 0 Å². The highest BCUT2D eigenvalue weighted by atomic mass is 32.1. The zero-order valence-corrected chi connectivity index (χ0v) is 10.9. The molecule has 0 spiro atoms. The molecular formula is C15H17NS. The van der Waals surface area contributed by atoms with Crippen molar-refractivity contribution in [1.29, 1.82) is 0 Å². The number of thiophene rings is 1. The first-order valence-corrected chi connectivity index (χ1v) is 7.07. The Bertz CT molecular complexity index is 489. The lowest BCUT2D eigenvalue weighted by atomic mass is 9.91. The molecule has 1 aliphatic rings. The van der Waals surface area contributed by atoms with Crippen LogP contribution in [-0.2, 0) is 6.42 Å². The van der Waals surface area contributed by atoms with Gasteiger partial charge in [-0.2, -0.15) is 11.3 Å². The predicted octanol–water partition coefficient (Wildman–Crippen LogP) is 3.37. The van der Waals surface area contributed by atoms with Gasteiger partial charge in [0, 0.05) is 19.0 Å². The third-order valence-corrected chi connectivity index (χ3v) is 4.42. The van der Waals surface area contributed by atoms with Crippen LogP contribution in [0.4, 0.5) is 0 Å². The fraction of sp³-hybridized carbons (Fsp3) is 0.333. The summed E-state index contributed by atoms with van der Waals surface area (Å²) in [5.74, 6) is 0.546. The van der Waals surface area contributed by atoms with Gasteiger partial charge < -0.3 is 4.90 Å². The zero-order valence-electron chi connectivity index (χ0n) is 10.1. The summed E-state index contributed by atoms with van der Waals surface area (Å²) in [5, 5.41) is 4.66. The highest BCUT2D eigenvalue weighted by Crippen LogP contribution is 2.33. The molecule has 0 saturated carbocycles. The molecule has 1 unspecified atom stereocenters. The molecular weight excluding hydrogens is 226 g/mol. The van der Waals surface area contributed by atoms with Crippen molar-refractivity contribution in [2.75, 3.05) is 20.1 Å². The summed E-state index contributed by atoms with van der Waals surface area (Å²) in [5.41, 5.74) is 4.54. The Hall–Kier alpha value is -1.12. The Morgan fingerprint density at radius 2 is 2.00 bits per heavy atom. The maximum absolute atomic E-state index is 2.45. The van der Waals surface area contributed by atoms with Gasteiger partial charge in [0.05, 0.1) is 0 Å². The average Bonchev–Trinajstić information content (AvgIpc) is 2.77. The van der Waals surface area contributed by atoms with Crippen molar-refractivity contribution >= 4 is 11.3 Å². The summed E-state index contributed by atoms with van der Waals surface area (Å²) in [7, 11) is 2.23. The van der Waals surface area contributed by atoms with Crippen LogP contribution in [0.25, 0.3) is 0 Å². The second-order valence-electron chi connectivity index (χ2n) is 4.83. The number of likely N-dealkylation sites (N-methyl/N-ethyl adjacent to an activating group) is 1. The Balaban J connectivity index is 2.03. The van der Waals surface area contributed by atoms with Crippen LogP contribution < -0.4 is 0 Å². The Morgan fingerprint density at radius 3 is 2.82 bits per heavy atom. The minimum atomic E-state index is 0.546. The van der Waals surface area contributed by atoms with Gasteiger partial charge in [-0.1, -0.05) is 30.3 Å². The maximum Gasteiger partial charge on any atom is 0.0228 e. The first-order valence-electron chi connectivity index (χ1n) is 6.13. The van der Waals surface area contributed by atoms with E-state index >= 15 is 0 Å². The smallest absolute Gasteiger partial charge is 0.0228 e. The van der Waals surface area contributed by atoms with E-state index in [-0.39, 0.29) is 0 Å². The number of hydrogen-bond donors (Lipinski definition) is 0. The van der Waals surface area contributed by atoms with Crippen molar-refractivity contribution in [3.63, 3.8) is 0 Å². The van der Waals surface area contributed by atoms with E-state index in [0.717, 1.165) is 6.54 Å². The predicted molar refractivity (Wildman–Crippen MR) is 73.8 cm³/mol. The molecule has 0 fully saturated rings. The third kappa shape index (κ3) is 2.15. The average molecular weight is 243 g/mol. The van der Waals surface area contributed by atoms with E-state index in [1.165, 1.54) is 18.5 Å². The van der Waals surface area contributed by atoms with E-state index in [1.807, 2.05) is 11.3 Å². The molecule has 0 saturated heterocycles. The summed E-state index contributed by atoms with van der Waals surface area (Å²) in [4.78, 5) is 2.45. The van der Waals surface area contributed by atoms with Crippen LogP contribution in [0.2, 0.25) is 0 Å². The molecule has 0 radical (unpaired) electrons. The van der Waals surface area contributed by atoms with Crippen LogP contribution in [-0.4, -0.2) is 25.0 Å². The van der Waals surface area contributed by atoms with Crippen molar-refractivity contribution in [1.82, 2.24) is 4.90 Å². The number of fused-ring (bicyclic) bond motifs is 1. The van der Waals surface area contributed by atoms with E-state index in [1.54, 1.807) is 11.1 Å². The van der Waals surface area contributed by atoms with Crippen molar-refractivity contribution in [2.24, 2.45) is 0 Å². The summed E-state index contributed by atoms with van der Waals surface area (Å²) in [6, 6.07) is 10.9. The minimum absolute atomic E-state index is 0.546. The number of rotatable bonds is 1. The third-order valence-electron chi connectivity index (χ3n) is 3.61. The van der Waals surface area contributed by atoms with E-state index < -0.39 is 0 Å². The Kier molecular flexibility index (Phi) is 3.00. The lowest BCUT2D eigenvalue weighted by Gasteiger charge is -2.21. The van der Waals surface area contributed by atoms with Crippen LogP contribution in [0.15, 0.2) is 41.1 Å². The largest absolute Gasteiger partial charge is 0.305 e. The van der Waals surface area contributed by atoms with Gasteiger partial charge in [0.2, 0.25) is 0 Å². The quantitative estimate of drug-likeness (QED) is 0.742. The Labute approximate surface area is 107 Å². The van der Waals surface area contributed by atoms with Gasteiger partial charge in [0.1, 0.15) is 0 Å². The molecule has 1 aromatic heterocycles. The van der Waals surface area contributed by atoms with Crippen LogP contribution in [0.1, 0.15) is 22.6 Å². The standard InChI is InChI=1S/C15H17NS/c1-16-8-7-13-10-17-11-15(13)14(9-16)12-5-3-2-4-6-12/h2-6,10-11,14H,7-9H2,1H3.